The summed E-state index contributed by atoms with van der Waals surface area (Å²) in [4.78, 5) is 16.4. The normalized spacial score (nSPS) is 26.1. The van der Waals surface area contributed by atoms with Crippen LogP contribution in [0.15, 0.2) is 24.3 Å². The van der Waals surface area contributed by atoms with Gasteiger partial charge in [0, 0.05) is 49.4 Å². The molecule has 2 saturated heterocycles. The fourth-order valence-electron chi connectivity index (χ4n) is 3.64. The first-order valence-corrected chi connectivity index (χ1v) is 9.87. The third-order valence-electron chi connectivity index (χ3n) is 5.13. The van der Waals surface area contributed by atoms with Crippen LogP contribution in [0, 0.1) is 0 Å². The van der Waals surface area contributed by atoms with Crippen molar-refractivity contribution in [3.05, 3.63) is 29.8 Å². The maximum Gasteiger partial charge on any atom is 0.460 e. The number of aldehydes is 1. The predicted octanol–water partition coefficient (Wildman–Crippen LogP) is 2.49. The van der Waals surface area contributed by atoms with E-state index in [-0.39, 0.29) is 6.54 Å². The van der Waals surface area contributed by atoms with Crippen LogP contribution >= 0.6 is 11.8 Å². The average Bonchev–Trinajstić information content (AvgIpc) is 2.62. The van der Waals surface area contributed by atoms with Gasteiger partial charge in [-0.25, -0.2) is 4.90 Å². The van der Waals surface area contributed by atoms with Gasteiger partial charge < -0.3 is 14.6 Å². The summed E-state index contributed by atoms with van der Waals surface area (Å²) in [5.74, 6) is 0.380. The lowest BCUT2D eigenvalue weighted by atomic mass is 10.0. The van der Waals surface area contributed by atoms with Crippen LogP contribution in [0.25, 0.3) is 0 Å². The number of halogens is 3. The summed E-state index contributed by atoms with van der Waals surface area (Å²) < 4.78 is 39.7. The third-order valence-corrected chi connectivity index (χ3v) is 6.42. The van der Waals surface area contributed by atoms with E-state index in [4.69, 9.17) is 0 Å². The molecule has 0 aliphatic carbocycles. The van der Waals surface area contributed by atoms with Crippen LogP contribution in [0.2, 0.25) is 0 Å². The van der Waals surface area contributed by atoms with Gasteiger partial charge in [-0.3, -0.25) is 0 Å². The van der Waals surface area contributed by atoms with Gasteiger partial charge in [-0.05, 0) is 25.1 Å². The van der Waals surface area contributed by atoms with Crippen molar-refractivity contribution in [2.75, 3.05) is 50.4 Å². The van der Waals surface area contributed by atoms with Crippen LogP contribution in [0.3, 0.4) is 0 Å². The number of hydrogen-bond acceptors (Lipinski definition) is 5. The quantitative estimate of drug-likeness (QED) is 0.584. The predicted molar refractivity (Wildman–Crippen MR) is 98.7 cm³/mol. The molecule has 2 unspecified atom stereocenters. The van der Waals surface area contributed by atoms with Gasteiger partial charge in [0.1, 0.15) is 6.29 Å². The van der Waals surface area contributed by atoms with Gasteiger partial charge in [0.2, 0.25) is 0 Å². The average molecular weight is 387 g/mol. The van der Waals surface area contributed by atoms with Gasteiger partial charge in [-0.1, -0.05) is 18.2 Å². The van der Waals surface area contributed by atoms with Crippen molar-refractivity contribution in [3.8, 4) is 0 Å². The lowest BCUT2D eigenvalue weighted by Crippen LogP contribution is -2.55. The number of likely N-dealkylation sites (N-methyl/N-ethyl adjacent to an activating group) is 1. The molecule has 2 fully saturated rings. The maximum atomic E-state index is 13.2. The van der Waals surface area contributed by atoms with Crippen molar-refractivity contribution in [3.63, 3.8) is 0 Å². The molecule has 8 heteroatoms. The number of rotatable bonds is 4. The molecule has 0 bridgehead atoms. The Morgan fingerprint density at radius 1 is 1.15 bits per heavy atom. The minimum Gasteiger partial charge on any atom is -0.369 e. The summed E-state index contributed by atoms with van der Waals surface area (Å²) in [6.07, 6.45) is -3.55. The number of anilines is 1. The molecule has 2 heterocycles. The second-order valence-corrected chi connectivity index (χ2v) is 8.17. The molecule has 144 valence electrons. The largest absolute Gasteiger partial charge is 0.460 e. The summed E-state index contributed by atoms with van der Waals surface area (Å²) in [6.45, 7) is 3.60. The van der Waals surface area contributed by atoms with Crippen molar-refractivity contribution < 1.29 is 18.0 Å². The third kappa shape index (κ3) is 4.35. The highest BCUT2D eigenvalue weighted by Crippen LogP contribution is 2.35. The van der Waals surface area contributed by atoms with Crippen molar-refractivity contribution >= 4 is 23.7 Å². The van der Waals surface area contributed by atoms with E-state index in [0.717, 1.165) is 37.4 Å². The van der Waals surface area contributed by atoms with Crippen molar-refractivity contribution in [2.45, 2.75) is 24.0 Å². The fraction of sp³-hybridized carbons (Fsp3) is 0.611. The number of thioether (sulfide) groups is 1. The van der Waals surface area contributed by atoms with Gasteiger partial charge in [0.05, 0.1) is 6.04 Å². The minimum absolute atomic E-state index is 0.131. The molecule has 1 aromatic rings. The number of carbonyl (C=O) groups is 1. The maximum absolute atomic E-state index is 13.2. The number of alkyl halides is 3. The Morgan fingerprint density at radius 3 is 2.50 bits per heavy atom. The lowest BCUT2D eigenvalue weighted by Gasteiger charge is -2.39. The zero-order chi connectivity index (χ0) is 18.7. The molecule has 0 amide bonds. The second-order valence-electron chi connectivity index (χ2n) is 6.82. The van der Waals surface area contributed by atoms with Crippen LogP contribution in [0.1, 0.15) is 5.56 Å². The van der Waals surface area contributed by atoms with Gasteiger partial charge in [-0.2, -0.15) is 24.9 Å². The molecular weight excluding hydrogens is 363 g/mol. The lowest BCUT2D eigenvalue weighted by molar-refractivity contribution is -0.254. The first-order valence-electron chi connectivity index (χ1n) is 8.82. The zero-order valence-electron chi connectivity index (χ0n) is 14.8. The molecule has 0 spiro atoms. The smallest absolute Gasteiger partial charge is 0.369 e. The van der Waals surface area contributed by atoms with E-state index >= 15 is 0 Å². The molecule has 0 radical (unpaired) electrons. The molecule has 1 aromatic carbocycles. The van der Waals surface area contributed by atoms with E-state index in [1.54, 1.807) is 0 Å². The Morgan fingerprint density at radius 2 is 1.85 bits per heavy atom. The fourth-order valence-corrected chi connectivity index (χ4v) is 4.95. The van der Waals surface area contributed by atoms with Crippen LogP contribution < -0.4 is 4.90 Å². The molecule has 4 nitrogen and oxygen atoms in total. The van der Waals surface area contributed by atoms with E-state index in [0.29, 0.717) is 23.4 Å². The zero-order valence-corrected chi connectivity index (χ0v) is 15.6. The van der Waals surface area contributed by atoms with Gasteiger partial charge in [0.25, 0.3) is 0 Å². The number of para-hydroxylation sites is 1. The van der Waals surface area contributed by atoms with E-state index in [9.17, 15) is 18.0 Å². The van der Waals surface area contributed by atoms with E-state index in [2.05, 4.69) is 16.8 Å². The topological polar surface area (TPSA) is 26.8 Å². The Labute approximate surface area is 156 Å². The second kappa shape index (κ2) is 8.19. The van der Waals surface area contributed by atoms with Crippen molar-refractivity contribution in [1.82, 2.24) is 9.80 Å². The Balaban J connectivity index is 1.79. The van der Waals surface area contributed by atoms with E-state index in [1.807, 2.05) is 24.3 Å². The number of benzene rings is 1. The molecule has 2 atom stereocenters. The molecule has 0 aromatic heterocycles. The Kier molecular flexibility index (Phi) is 6.14. The number of piperazine rings is 1. The van der Waals surface area contributed by atoms with Gasteiger partial charge in [-0.15, -0.1) is 0 Å². The molecule has 0 N–H and O–H groups in total. The molecule has 0 saturated carbocycles. The standard InChI is InChI=1S/C18H24F3N3OS/c1-22-6-8-23(9-7-22)15-5-3-2-4-14(15)12-17-16(13-25)24(10-11-26-17)18(19,20)21/h2-5,13,16-17H,6-12H2,1H3. The van der Waals surface area contributed by atoms with Crippen molar-refractivity contribution in [1.29, 1.82) is 0 Å². The van der Waals surface area contributed by atoms with Crippen LogP contribution in [0.5, 0.6) is 0 Å². The van der Waals surface area contributed by atoms with Crippen LogP contribution in [-0.2, 0) is 11.2 Å². The van der Waals surface area contributed by atoms with Gasteiger partial charge in [0.15, 0.2) is 0 Å². The highest BCUT2D eigenvalue weighted by atomic mass is 32.2. The highest BCUT2D eigenvalue weighted by molar-refractivity contribution is 8.00. The number of nitrogens with zero attached hydrogens (tertiary/aromatic N) is 3. The minimum atomic E-state index is -4.47. The van der Waals surface area contributed by atoms with Crippen LogP contribution in [-0.4, -0.2) is 79.2 Å². The van der Waals surface area contributed by atoms with E-state index in [1.165, 1.54) is 11.8 Å². The summed E-state index contributed by atoms with van der Waals surface area (Å²) in [5.41, 5.74) is 2.10. The number of hydrogen-bond donors (Lipinski definition) is 0. The highest BCUT2D eigenvalue weighted by Gasteiger charge is 2.46. The first-order chi connectivity index (χ1) is 12.4. The first kappa shape index (κ1) is 19.5. The molecular formula is C18H24F3N3OS. The SMILES string of the molecule is CN1CCN(c2ccccc2CC2SCCN(C(F)(F)F)C2C=O)CC1. The number of carbonyl (C=O) groups excluding carboxylic acids is 1. The van der Waals surface area contributed by atoms with Crippen LogP contribution in [0.4, 0.5) is 18.9 Å². The Bertz CT molecular complexity index is 620. The Hall–Kier alpha value is -1.25. The van der Waals surface area contributed by atoms with Crippen molar-refractivity contribution in [2.24, 2.45) is 0 Å². The molecule has 2 aliphatic heterocycles. The van der Waals surface area contributed by atoms with Gasteiger partial charge >= 0.3 is 6.30 Å². The summed E-state index contributed by atoms with van der Waals surface area (Å²) in [5, 5.41) is -0.392. The summed E-state index contributed by atoms with van der Waals surface area (Å²) in [7, 11) is 2.09. The summed E-state index contributed by atoms with van der Waals surface area (Å²) in [6, 6.07) is 6.76. The molecule has 2 aliphatic rings. The molecule has 3 rings (SSSR count). The molecule has 26 heavy (non-hydrogen) atoms. The van der Waals surface area contributed by atoms with E-state index < -0.39 is 17.6 Å². The summed E-state index contributed by atoms with van der Waals surface area (Å²) >= 11 is 1.47. The monoisotopic (exact) mass is 387 g/mol.